The van der Waals surface area contributed by atoms with Crippen molar-refractivity contribution in [3.8, 4) is 28.4 Å². The molecule has 0 saturated heterocycles. The third-order valence-corrected chi connectivity index (χ3v) is 6.28. The fraction of sp³-hybridized carbons (Fsp3) is 0.250. The second-order valence-corrected chi connectivity index (χ2v) is 8.60. The molecule has 0 aliphatic carbocycles. The van der Waals surface area contributed by atoms with E-state index in [1.807, 2.05) is 19.1 Å². The van der Waals surface area contributed by atoms with Crippen molar-refractivity contribution in [1.82, 2.24) is 4.90 Å². The van der Waals surface area contributed by atoms with Gasteiger partial charge in [-0.3, -0.25) is 9.69 Å². The molecule has 0 fully saturated rings. The Kier molecular flexibility index (Phi) is 5.75. The van der Waals surface area contributed by atoms with Crippen LogP contribution < -0.4 is 19.6 Å². The Balaban J connectivity index is 1.55. The van der Waals surface area contributed by atoms with Crippen molar-refractivity contribution >= 4 is 11.0 Å². The lowest BCUT2D eigenvalue weighted by atomic mass is 10.00. The largest absolute Gasteiger partial charge is 0.493 e. The lowest BCUT2D eigenvalue weighted by Crippen LogP contribution is -2.31. The molecule has 0 N–H and O–H groups in total. The Labute approximate surface area is 198 Å². The van der Waals surface area contributed by atoms with Crippen molar-refractivity contribution in [2.75, 3.05) is 21.0 Å². The summed E-state index contributed by atoms with van der Waals surface area (Å²) in [5, 5.41) is 0.537. The zero-order chi connectivity index (χ0) is 23.8. The molecule has 0 spiro atoms. The number of aryl methyl sites for hydroxylation is 2. The summed E-state index contributed by atoms with van der Waals surface area (Å²) in [4.78, 5) is 15.8. The van der Waals surface area contributed by atoms with Crippen molar-refractivity contribution in [2.24, 2.45) is 0 Å². The second kappa shape index (κ2) is 8.88. The first-order chi connectivity index (χ1) is 16.5. The Morgan fingerprint density at radius 2 is 1.71 bits per heavy atom. The zero-order valence-electron chi connectivity index (χ0n) is 19.8. The van der Waals surface area contributed by atoms with E-state index < -0.39 is 0 Å². The molecule has 34 heavy (non-hydrogen) atoms. The minimum Gasteiger partial charge on any atom is -0.493 e. The summed E-state index contributed by atoms with van der Waals surface area (Å²) in [5.41, 5.74) is 5.09. The highest BCUT2D eigenvalue weighted by Crippen LogP contribution is 2.36. The summed E-state index contributed by atoms with van der Waals surface area (Å²) in [7, 11) is 3.16. The summed E-state index contributed by atoms with van der Waals surface area (Å²) in [5.74, 6) is 2.47. The van der Waals surface area contributed by atoms with Crippen LogP contribution in [0.4, 0.5) is 0 Å². The summed E-state index contributed by atoms with van der Waals surface area (Å²) in [6.07, 6.45) is 0. The molecule has 1 aliphatic heterocycles. The van der Waals surface area contributed by atoms with Gasteiger partial charge in [-0.05, 0) is 49.2 Å². The quantitative estimate of drug-likeness (QED) is 0.397. The monoisotopic (exact) mass is 457 g/mol. The zero-order valence-corrected chi connectivity index (χ0v) is 19.8. The van der Waals surface area contributed by atoms with Gasteiger partial charge < -0.3 is 18.6 Å². The number of methoxy groups -OCH3 is 2. The van der Waals surface area contributed by atoms with E-state index in [9.17, 15) is 4.79 Å². The van der Waals surface area contributed by atoms with Gasteiger partial charge in [0, 0.05) is 13.1 Å². The summed E-state index contributed by atoms with van der Waals surface area (Å²) in [6.45, 7) is 5.78. The smallest absolute Gasteiger partial charge is 0.200 e. The van der Waals surface area contributed by atoms with E-state index >= 15 is 0 Å². The summed E-state index contributed by atoms with van der Waals surface area (Å²) < 4.78 is 23.1. The van der Waals surface area contributed by atoms with E-state index in [2.05, 4.69) is 36.1 Å². The topological polar surface area (TPSA) is 61.1 Å². The third-order valence-electron chi connectivity index (χ3n) is 6.28. The number of benzene rings is 3. The van der Waals surface area contributed by atoms with E-state index in [0.29, 0.717) is 47.1 Å². The van der Waals surface area contributed by atoms with Crippen LogP contribution in [0.5, 0.6) is 17.2 Å². The van der Waals surface area contributed by atoms with Crippen LogP contribution in [0.2, 0.25) is 0 Å². The summed E-state index contributed by atoms with van der Waals surface area (Å²) >= 11 is 0. The SMILES string of the molecule is COc1ccc(-c2c(C)oc3c4c(ccc3c2=O)OCN(Cc2ccc(C)cc2)C4)cc1OC. The molecule has 0 bridgehead atoms. The molecule has 0 radical (unpaired) electrons. The first-order valence-corrected chi connectivity index (χ1v) is 11.2. The predicted molar refractivity (Wildman–Crippen MR) is 132 cm³/mol. The van der Waals surface area contributed by atoms with Gasteiger partial charge in [-0.2, -0.15) is 0 Å². The molecule has 5 rings (SSSR count). The molecule has 3 aromatic carbocycles. The van der Waals surface area contributed by atoms with Crippen LogP contribution in [0.1, 0.15) is 22.5 Å². The van der Waals surface area contributed by atoms with E-state index in [-0.39, 0.29) is 5.43 Å². The van der Waals surface area contributed by atoms with Gasteiger partial charge in [0.2, 0.25) is 5.43 Å². The maximum atomic E-state index is 13.6. The molecule has 0 atom stereocenters. The van der Waals surface area contributed by atoms with Crippen molar-refractivity contribution in [1.29, 1.82) is 0 Å². The molecular weight excluding hydrogens is 430 g/mol. The highest BCUT2D eigenvalue weighted by molar-refractivity contribution is 5.87. The molecule has 0 saturated carbocycles. The first kappa shape index (κ1) is 22.0. The fourth-order valence-corrected chi connectivity index (χ4v) is 4.50. The average Bonchev–Trinajstić information content (AvgIpc) is 2.85. The highest BCUT2D eigenvalue weighted by Gasteiger charge is 2.24. The number of nitrogens with zero attached hydrogens (tertiary/aromatic N) is 1. The van der Waals surface area contributed by atoms with E-state index in [4.69, 9.17) is 18.6 Å². The molecule has 6 heteroatoms. The summed E-state index contributed by atoms with van der Waals surface area (Å²) in [6, 6.07) is 17.6. The van der Waals surface area contributed by atoms with Crippen molar-refractivity contribution < 1.29 is 18.6 Å². The van der Waals surface area contributed by atoms with E-state index in [0.717, 1.165) is 23.4 Å². The Morgan fingerprint density at radius 3 is 2.44 bits per heavy atom. The van der Waals surface area contributed by atoms with Crippen molar-refractivity contribution in [3.05, 3.63) is 87.3 Å². The molecular formula is C28H27NO5. The van der Waals surface area contributed by atoms with Crippen LogP contribution in [0, 0.1) is 13.8 Å². The van der Waals surface area contributed by atoms with Gasteiger partial charge in [-0.25, -0.2) is 0 Å². The Hall–Kier alpha value is -3.77. The van der Waals surface area contributed by atoms with Gasteiger partial charge >= 0.3 is 0 Å². The first-order valence-electron chi connectivity index (χ1n) is 11.2. The second-order valence-electron chi connectivity index (χ2n) is 8.60. The van der Waals surface area contributed by atoms with Crippen LogP contribution in [-0.2, 0) is 13.1 Å². The van der Waals surface area contributed by atoms with Gasteiger partial charge in [-0.1, -0.05) is 35.9 Å². The number of hydrogen-bond acceptors (Lipinski definition) is 6. The average molecular weight is 458 g/mol. The molecule has 174 valence electrons. The molecule has 4 aromatic rings. The van der Waals surface area contributed by atoms with E-state index in [1.165, 1.54) is 11.1 Å². The predicted octanol–water partition coefficient (Wildman–Crippen LogP) is 5.45. The maximum absolute atomic E-state index is 13.6. The van der Waals surface area contributed by atoms with Crippen LogP contribution in [-0.4, -0.2) is 25.9 Å². The van der Waals surface area contributed by atoms with Crippen LogP contribution in [0.3, 0.4) is 0 Å². The van der Waals surface area contributed by atoms with Gasteiger partial charge in [0.15, 0.2) is 11.5 Å². The molecule has 0 unspecified atom stereocenters. The fourth-order valence-electron chi connectivity index (χ4n) is 4.50. The number of fused-ring (bicyclic) bond motifs is 3. The maximum Gasteiger partial charge on any atom is 0.200 e. The standard InChI is InChI=1S/C28H27NO5/c1-17-5-7-19(8-6-17)14-29-15-22-23(33-16-29)12-10-21-27(30)26(18(2)34-28(21)22)20-9-11-24(31-3)25(13-20)32-4/h5-13H,14-16H2,1-4H3. The minimum absolute atomic E-state index is 0.0792. The highest BCUT2D eigenvalue weighted by atomic mass is 16.5. The number of ether oxygens (including phenoxy) is 3. The molecule has 1 aliphatic rings. The number of hydrogen-bond donors (Lipinski definition) is 0. The normalized spacial score (nSPS) is 13.4. The van der Waals surface area contributed by atoms with Crippen molar-refractivity contribution in [3.63, 3.8) is 0 Å². The lowest BCUT2D eigenvalue weighted by molar-refractivity contribution is 0.0890. The van der Waals surface area contributed by atoms with Crippen LogP contribution in [0.15, 0.2) is 63.8 Å². The van der Waals surface area contributed by atoms with Gasteiger partial charge in [0.1, 0.15) is 23.8 Å². The van der Waals surface area contributed by atoms with Crippen LogP contribution >= 0.6 is 0 Å². The Bertz CT molecular complexity index is 1420. The minimum atomic E-state index is -0.0792. The van der Waals surface area contributed by atoms with Gasteiger partial charge in [0.25, 0.3) is 0 Å². The molecule has 1 aromatic heterocycles. The van der Waals surface area contributed by atoms with Crippen LogP contribution in [0.25, 0.3) is 22.1 Å². The Morgan fingerprint density at radius 1 is 0.941 bits per heavy atom. The lowest BCUT2D eigenvalue weighted by Gasteiger charge is -2.29. The van der Waals surface area contributed by atoms with Crippen molar-refractivity contribution in [2.45, 2.75) is 26.9 Å². The van der Waals surface area contributed by atoms with E-state index in [1.54, 1.807) is 32.4 Å². The molecule has 6 nitrogen and oxygen atoms in total. The molecule has 0 amide bonds. The number of rotatable bonds is 5. The van der Waals surface area contributed by atoms with Gasteiger partial charge in [0.05, 0.1) is 30.7 Å². The molecule has 2 heterocycles. The van der Waals surface area contributed by atoms with Gasteiger partial charge in [-0.15, -0.1) is 0 Å². The third kappa shape index (κ3) is 3.90.